The Kier molecular flexibility index (Phi) is 4.51. The lowest BCUT2D eigenvalue weighted by atomic mass is 10.2. The number of pyridine rings is 1. The van der Waals surface area contributed by atoms with Gasteiger partial charge in [0.15, 0.2) is 0 Å². The fourth-order valence-corrected chi connectivity index (χ4v) is 1.24. The Bertz CT molecular complexity index is 400. The number of hydrogen-bond donors (Lipinski definition) is 1. The van der Waals surface area contributed by atoms with Crippen LogP contribution < -0.4 is 5.73 Å². The molecule has 0 atom stereocenters. The van der Waals surface area contributed by atoms with Gasteiger partial charge >= 0.3 is 5.97 Å². The van der Waals surface area contributed by atoms with Crippen LogP contribution in [-0.2, 0) is 9.53 Å². The molecule has 0 radical (unpaired) electrons. The number of hydrogen-bond acceptors (Lipinski definition) is 4. The lowest BCUT2D eigenvalue weighted by Crippen LogP contribution is -2.01. The summed E-state index contributed by atoms with van der Waals surface area (Å²) in [6.07, 6.45) is 5.47. The molecule has 0 aromatic carbocycles. The van der Waals surface area contributed by atoms with Crippen molar-refractivity contribution >= 4 is 17.9 Å². The van der Waals surface area contributed by atoms with Gasteiger partial charge in [-0.15, -0.1) is 0 Å². The summed E-state index contributed by atoms with van der Waals surface area (Å²) in [6, 6.07) is 1.92. The van der Waals surface area contributed by atoms with Crippen molar-refractivity contribution in [1.29, 1.82) is 0 Å². The molecule has 0 bridgehead atoms. The molecule has 4 heteroatoms. The third-order valence-corrected chi connectivity index (χ3v) is 1.97. The number of rotatable bonds is 4. The number of esters is 1. The first-order valence-electron chi connectivity index (χ1n) is 5.17. The molecule has 0 fully saturated rings. The average molecular weight is 220 g/mol. The average Bonchev–Trinajstić information content (AvgIpc) is 2.23. The Hall–Kier alpha value is -1.84. The van der Waals surface area contributed by atoms with E-state index in [1.54, 1.807) is 25.3 Å². The number of carbonyl (C=O) groups excluding carboxylic acids is 1. The molecule has 1 aromatic rings. The number of aromatic nitrogens is 1. The number of nitrogen functional groups attached to an aromatic ring is 1. The van der Waals surface area contributed by atoms with E-state index in [1.807, 2.05) is 13.0 Å². The van der Waals surface area contributed by atoms with Gasteiger partial charge in [-0.25, -0.2) is 4.98 Å². The normalized spacial score (nSPS) is 10.6. The van der Waals surface area contributed by atoms with Crippen LogP contribution in [0.5, 0.6) is 0 Å². The second-order valence-electron chi connectivity index (χ2n) is 3.40. The molecule has 0 unspecified atom stereocenters. The van der Waals surface area contributed by atoms with Crippen molar-refractivity contribution in [3.63, 3.8) is 0 Å². The first kappa shape index (κ1) is 12.2. The van der Waals surface area contributed by atoms with Crippen LogP contribution in [0.15, 0.2) is 18.3 Å². The van der Waals surface area contributed by atoms with Gasteiger partial charge in [0, 0.05) is 11.8 Å². The number of ether oxygens (including phenoxy) is 1. The van der Waals surface area contributed by atoms with E-state index in [2.05, 4.69) is 4.98 Å². The summed E-state index contributed by atoms with van der Waals surface area (Å²) in [5, 5.41) is 0. The van der Waals surface area contributed by atoms with Gasteiger partial charge in [-0.3, -0.25) is 4.79 Å². The highest BCUT2D eigenvalue weighted by Crippen LogP contribution is 2.12. The molecule has 4 nitrogen and oxygen atoms in total. The Labute approximate surface area is 95.1 Å². The fraction of sp³-hybridized carbons (Fsp3) is 0.333. The summed E-state index contributed by atoms with van der Waals surface area (Å²) in [7, 11) is 0. The highest BCUT2D eigenvalue weighted by molar-refractivity contribution is 5.73. The van der Waals surface area contributed by atoms with Crippen LogP contribution in [0.2, 0.25) is 0 Å². The van der Waals surface area contributed by atoms with Crippen LogP contribution >= 0.6 is 0 Å². The SMILES string of the molecule is CCOC(=O)CC=Cc1cc(C)cnc1N. The van der Waals surface area contributed by atoms with E-state index in [-0.39, 0.29) is 12.4 Å². The molecular weight excluding hydrogens is 204 g/mol. The van der Waals surface area contributed by atoms with E-state index in [1.165, 1.54) is 0 Å². The predicted octanol–water partition coefficient (Wildman–Crippen LogP) is 1.94. The summed E-state index contributed by atoms with van der Waals surface area (Å²) >= 11 is 0. The minimum atomic E-state index is -0.238. The molecule has 0 spiro atoms. The maximum atomic E-state index is 11.1. The minimum Gasteiger partial charge on any atom is -0.466 e. The van der Waals surface area contributed by atoms with Gasteiger partial charge in [-0.2, -0.15) is 0 Å². The number of nitrogens with zero attached hydrogens (tertiary/aromatic N) is 1. The summed E-state index contributed by atoms with van der Waals surface area (Å²) < 4.78 is 4.80. The van der Waals surface area contributed by atoms with Gasteiger partial charge < -0.3 is 10.5 Å². The topological polar surface area (TPSA) is 65.2 Å². The van der Waals surface area contributed by atoms with Crippen molar-refractivity contribution in [2.75, 3.05) is 12.3 Å². The van der Waals surface area contributed by atoms with Crippen LogP contribution in [0.1, 0.15) is 24.5 Å². The van der Waals surface area contributed by atoms with Crippen LogP contribution in [-0.4, -0.2) is 17.6 Å². The van der Waals surface area contributed by atoms with E-state index in [4.69, 9.17) is 10.5 Å². The number of carbonyl (C=O) groups is 1. The Morgan fingerprint density at radius 2 is 2.38 bits per heavy atom. The first-order chi connectivity index (χ1) is 7.63. The Morgan fingerprint density at radius 1 is 1.62 bits per heavy atom. The Balaban J connectivity index is 2.62. The van der Waals surface area contributed by atoms with Crippen molar-refractivity contribution in [3.8, 4) is 0 Å². The molecule has 16 heavy (non-hydrogen) atoms. The second-order valence-corrected chi connectivity index (χ2v) is 3.40. The summed E-state index contributed by atoms with van der Waals surface area (Å²) in [5.41, 5.74) is 7.54. The van der Waals surface area contributed by atoms with Gasteiger partial charge in [-0.1, -0.05) is 12.2 Å². The maximum absolute atomic E-state index is 11.1. The fourth-order valence-electron chi connectivity index (χ4n) is 1.24. The molecule has 0 saturated heterocycles. The standard InChI is InChI=1S/C12H16N2O2/c1-3-16-11(15)6-4-5-10-7-9(2)8-14-12(10)13/h4-5,7-8H,3,6H2,1-2H3,(H2,13,14). The van der Waals surface area contributed by atoms with Crippen LogP contribution in [0, 0.1) is 6.92 Å². The van der Waals surface area contributed by atoms with Crippen molar-refractivity contribution in [1.82, 2.24) is 4.98 Å². The van der Waals surface area contributed by atoms with Gasteiger partial charge in [0.25, 0.3) is 0 Å². The molecule has 0 amide bonds. The molecule has 2 N–H and O–H groups in total. The largest absolute Gasteiger partial charge is 0.466 e. The van der Waals surface area contributed by atoms with Crippen LogP contribution in [0.4, 0.5) is 5.82 Å². The molecular formula is C12H16N2O2. The minimum absolute atomic E-state index is 0.238. The molecule has 0 aliphatic heterocycles. The van der Waals surface area contributed by atoms with E-state index in [0.29, 0.717) is 12.4 Å². The molecule has 0 saturated carbocycles. The van der Waals surface area contributed by atoms with E-state index < -0.39 is 0 Å². The number of aryl methyl sites for hydroxylation is 1. The number of nitrogens with two attached hydrogens (primary N) is 1. The lowest BCUT2D eigenvalue weighted by molar-refractivity contribution is -0.142. The van der Waals surface area contributed by atoms with Crippen LogP contribution in [0.25, 0.3) is 6.08 Å². The maximum Gasteiger partial charge on any atom is 0.309 e. The second kappa shape index (κ2) is 5.90. The first-order valence-corrected chi connectivity index (χ1v) is 5.17. The zero-order valence-electron chi connectivity index (χ0n) is 9.56. The highest BCUT2D eigenvalue weighted by atomic mass is 16.5. The lowest BCUT2D eigenvalue weighted by Gasteiger charge is -2.00. The molecule has 1 aromatic heterocycles. The van der Waals surface area contributed by atoms with Gasteiger partial charge in [0.05, 0.1) is 13.0 Å². The summed E-state index contributed by atoms with van der Waals surface area (Å²) in [6.45, 7) is 4.13. The molecule has 0 aliphatic carbocycles. The zero-order valence-corrected chi connectivity index (χ0v) is 9.56. The molecule has 0 aliphatic rings. The van der Waals surface area contributed by atoms with Gasteiger partial charge in [0.1, 0.15) is 5.82 Å². The summed E-state index contributed by atoms with van der Waals surface area (Å²) in [5.74, 6) is 0.226. The molecule has 1 rings (SSSR count). The third-order valence-electron chi connectivity index (χ3n) is 1.97. The summed E-state index contributed by atoms with van der Waals surface area (Å²) in [4.78, 5) is 15.1. The zero-order chi connectivity index (χ0) is 12.0. The molecule has 86 valence electrons. The smallest absolute Gasteiger partial charge is 0.309 e. The van der Waals surface area contributed by atoms with Gasteiger partial charge in [-0.05, 0) is 25.5 Å². The third kappa shape index (κ3) is 3.73. The molecule has 1 heterocycles. The van der Waals surface area contributed by atoms with Crippen molar-refractivity contribution < 1.29 is 9.53 Å². The van der Waals surface area contributed by atoms with Crippen molar-refractivity contribution in [2.45, 2.75) is 20.3 Å². The van der Waals surface area contributed by atoms with E-state index in [0.717, 1.165) is 11.1 Å². The van der Waals surface area contributed by atoms with Gasteiger partial charge in [0.2, 0.25) is 0 Å². The van der Waals surface area contributed by atoms with E-state index >= 15 is 0 Å². The van der Waals surface area contributed by atoms with Crippen LogP contribution in [0.3, 0.4) is 0 Å². The van der Waals surface area contributed by atoms with Crippen molar-refractivity contribution in [2.24, 2.45) is 0 Å². The van der Waals surface area contributed by atoms with Crippen molar-refractivity contribution in [3.05, 3.63) is 29.5 Å². The quantitative estimate of drug-likeness (QED) is 0.787. The predicted molar refractivity (Wildman–Crippen MR) is 63.7 cm³/mol. The highest BCUT2D eigenvalue weighted by Gasteiger charge is 1.99. The van der Waals surface area contributed by atoms with E-state index in [9.17, 15) is 4.79 Å². The Morgan fingerprint density at radius 3 is 3.06 bits per heavy atom. The monoisotopic (exact) mass is 220 g/mol. The number of anilines is 1.